The molecule has 5 N–H and O–H groups in total. The average Bonchev–Trinajstić information content (AvgIpc) is 2.58. The van der Waals surface area contributed by atoms with Crippen molar-refractivity contribution >= 4 is 11.9 Å². The van der Waals surface area contributed by atoms with Gasteiger partial charge < -0.3 is 21.3 Å². The Labute approximate surface area is 139 Å². The maximum absolute atomic E-state index is 12.2. The molecule has 0 aliphatic carbocycles. The van der Waals surface area contributed by atoms with Gasteiger partial charge in [-0.2, -0.15) is 0 Å². The minimum atomic E-state index is -1.13. The van der Waals surface area contributed by atoms with Crippen LogP contribution in [0, 0.1) is 0 Å². The molecule has 126 valence electrons. The monoisotopic (exact) mass is 328 g/mol. The number of aryl methyl sites for hydroxylation is 1. The number of nitrogens with two attached hydrogens (primary N) is 1. The minimum Gasteiger partial charge on any atom is -0.478 e. The molecule has 0 aromatic heterocycles. The summed E-state index contributed by atoms with van der Waals surface area (Å²) in [5.41, 5.74) is 7.36. The predicted molar refractivity (Wildman–Crippen MR) is 89.5 cm³/mol. The smallest absolute Gasteiger partial charge is 0.336 e. The quantitative estimate of drug-likeness (QED) is 0.576. The number of aliphatic hydroxyl groups is 1. The van der Waals surface area contributed by atoms with E-state index in [1.165, 1.54) is 12.1 Å². The first-order valence-corrected chi connectivity index (χ1v) is 7.59. The highest BCUT2D eigenvalue weighted by Gasteiger charge is 2.15. The van der Waals surface area contributed by atoms with Crippen LogP contribution in [0.4, 0.5) is 0 Å². The Morgan fingerprint density at radius 1 is 1.00 bits per heavy atom. The minimum absolute atomic E-state index is 0.0225. The number of nitrogens with one attached hydrogen (secondary N) is 1. The first-order valence-electron chi connectivity index (χ1n) is 7.59. The zero-order valence-corrected chi connectivity index (χ0v) is 13.1. The Bertz CT molecular complexity index is 711. The molecule has 6 nitrogen and oxygen atoms in total. The Balaban J connectivity index is 1.96. The van der Waals surface area contributed by atoms with E-state index in [-0.39, 0.29) is 11.1 Å². The van der Waals surface area contributed by atoms with Crippen LogP contribution in [0.25, 0.3) is 0 Å². The maximum atomic E-state index is 12.2. The van der Waals surface area contributed by atoms with E-state index in [1.807, 2.05) is 24.3 Å². The van der Waals surface area contributed by atoms with Crippen LogP contribution in [0.15, 0.2) is 48.5 Å². The number of hydrogen-bond acceptors (Lipinski definition) is 4. The average molecular weight is 328 g/mol. The van der Waals surface area contributed by atoms with Crippen LogP contribution < -0.4 is 11.1 Å². The number of carbonyl (C=O) groups excluding carboxylic acids is 1. The molecule has 0 saturated carbocycles. The Hall–Kier alpha value is -2.70. The van der Waals surface area contributed by atoms with Crippen molar-refractivity contribution < 1.29 is 19.8 Å². The third-order valence-corrected chi connectivity index (χ3v) is 3.61. The molecular weight excluding hydrogens is 308 g/mol. The topological polar surface area (TPSA) is 113 Å². The molecule has 0 aliphatic rings. The van der Waals surface area contributed by atoms with Crippen molar-refractivity contribution in [3.63, 3.8) is 0 Å². The number of aromatic carboxylic acids is 1. The van der Waals surface area contributed by atoms with Crippen LogP contribution in [0.5, 0.6) is 0 Å². The lowest BCUT2D eigenvalue weighted by atomic mass is 10.1. The summed E-state index contributed by atoms with van der Waals surface area (Å²) in [7, 11) is 0. The van der Waals surface area contributed by atoms with Crippen LogP contribution in [0.3, 0.4) is 0 Å². The highest BCUT2D eigenvalue weighted by atomic mass is 16.4. The maximum Gasteiger partial charge on any atom is 0.336 e. The molecule has 6 heteroatoms. The molecular formula is C18H20N2O4. The zero-order chi connectivity index (χ0) is 17.5. The number of rotatable bonds is 7. The first kappa shape index (κ1) is 17.7. The summed E-state index contributed by atoms with van der Waals surface area (Å²) >= 11 is 0. The number of benzene rings is 2. The molecule has 2 aromatic rings. The van der Waals surface area contributed by atoms with Gasteiger partial charge in [0.25, 0.3) is 5.91 Å². The van der Waals surface area contributed by atoms with Gasteiger partial charge in [-0.3, -0.25) is 4.79 Å². The third-order valence-electron chi connectivity index (χ3n) is 3.61. The molecule has 2 aromatic carbocycles. The standard InChI is InChI=1S/C18H20N2O4/c19-16(21)10-9-12-5-7-13(8-6-12)11-20-17(22)14-3-1-2-4-15(14)18(23)24/h1-8,16,21H,9-11,19H2,(H,20,22)(H,23,24). The van der Waals surface area contributed by atoms with Gasteiger partial charge in [-0.15, -0.1) is 0 Å². The van der Waals surface area contributed by atoms with Gasteiger partial charge in [0.2, 0.25) is 0 Å². The van der Waals surface area contributed by atoms with E-state index in [4.69, 9.17) is 15.9 Å². The zero-order valence-electron chi connectivity index (χ0n) is 13.1. The molecule has 0 bridgehead atoms. The van der Waals surface area contributed by atoms with Gasteiger partial charge in [-0.25, -0.2) is 4.79 Å². The van der Waals surface area contributed by atoms with Crippen LogP contribution in [0.1, 0.15) is 38.3 Å². The molecule has 2 rings (SSSR count). The van der Waals surface area contributed by atoms with Crippen LogP contribution in [-0.2, 0) is 13.0 Å². The van der Waals surface area contributed by atoms with E-state index in [2.05, 4.69) is 5.32 Å². The second-order valence-electron chi connectivity index (χ2n) is 5.46. The van der Waals surface area contributed by atoms with Crippen LogP contribution >= 0.6 is 0 Å². The lowest BCUT2D eigenvalue weighted by Gasteiger charge is -2.09. The van der Waals surface area contributed by atoms with E-state index in [9.17, 15) is 9.59 Å². The van der Waals surface area contributed by atoms with Crippen molar-refractivity contribution in [2.75, 3.05) is 0 Å². The number of aliphatic hydroxyl groups excluding tert-OH is 1. The van der Waals surface area contributed by atoms with Crippen LogP contribution in [-0.4, -0.2) is 28.3 Å². The fraction of sp³-hybridized carbons (Fsp3) is 0.222. The second-order valence-corrected chi connectivity index (χ2v) is 5.46. The van der Waals surface area contributed by atoms with E-state index in [0.29, 0.717) is 19.4 Å². The normalized spacial score (nSPS) is 11.8. The summed E-state index contributed by atoms with van der Waals surface area (Å²) < 4.78 is 0. The number of hydrogen-bond donors (Lipinski definition) is 4. The van der Waals surface area contributed by atoms with E-state index < -0.39 is 18.1 Å². The third kappa shape index (κ3) is 4.91. The van der Waals surface area contributed by atoms with Gasteiger partial charge in [0.15, 0.2) is 0 Å². The fourth-order valence-electron chi connectivity index (χ4n) is 2.28. The van der Waals surface area contributed by atoms with Crippen molar-refractivity contribution in [3.05, 3.63) is 70.8 Å². The van der Waals surface area contributed by atoms with Gasteiger partial charge >= 0.3 is 5.97 Å². The van der Waals surface area contributed by atoms with Crippen molar-refractivity contribution in [2.45, 2.75) is 25.6 Å². The number of carboxylic acid groups (broad SMARTS) is 1. The van der Waals surface area contributed by atoms with Crippen LogP contribution in [0.2, 0.25) is 0 Å². The summed E-state index contributed by atoms with van der Waals surface area (Å²) in [5.74, 6) is -1.56. The molecule has 0 radical (unpaired) electrons. The SMILES string of the molecule is NC(O)CCc1ccc(CNC(=O)c2ccccc2C(=O)O)cc1. The van der Waals surface area contributed by atoms with Gasteiger partial charge in [0.05, 0.1) is 11.1 Å². The summed E-state index contributed by atoms with van der Waals surface area (Å²) in [6.07, 6.45) is 0.344. The molecule has 0 aliphatic heterocycles. The fourth-order valence-corrected chi connectivity index (χ4v) is 2.28. The van der Waals surface area contributed by atoms with E-state index in [0.717, 1.165) is 11.1 Å². The molecule has 0 fully saturated rings. The molecule has 1 unspecified atom stereocenters. The second kappa shape index (κ2) is 8.24. The molecule has 24 heavy (non-hydrogen) atoms. The van der Waals surface area contributed by atoms with E-state index in [1.54, 1.807) is 12.1 Å². The van der Waals surface area contributed by atoms with Crippen molar-refractivity contribution in [1.82, 2.24) is 5.32 Å². The van der Waals surface area contributed by atoms with Gasteiger partial charge in [-0.1, -0.05) is 36.4 Å². The molecule has 1 atom stereocenters. The predicted octanol–water partition coefficient (Wildman–Crippen LogP) is 1.52. The van der Waals surface area contributed by atoms with Crippen molar-refractivity contribution in [3.8, 4) is 0 Å². The lowest BCUT2D eigenvalue weighted by Crippen LogP contribution is -2.24. The molecule has 0 saturated heterocycles. The Morgan fingerprint density at radius 2 is 1.58 bits per heavy atom. The highest BCUT2D eigenvalue weighted by molar-refractivity contribution is 6.04. The van der Waals surface area contributed by atoms with Crippen molar-refractivity contribution in [2.24, 2.45) is 5.73 Å². The Kier molecular flexibility index (Phi) is 6.06. The largest absolute Gasteiger partial charge is 0.478 e. The number of amides is 1. The van der Waals surface area contributed by atoms with Gasteiger partial charge in [-0.05, 0) is 36.1 Å². The van der Waals surface area contributed by atoms with Gasteiger partial charge in [0, 0.05) is 6.54 Å². The summed E-state index contributed by atoms with van der Waals surface area (Å²) in [4.78, 5) is 23.3. The Morgan fingerprint density at radius 3 is 2.17 bits per heavy atom. The molecule has 0 spiro atoms. The number of carbonyl (C=O) groups is 2. The summed E-state index contributed by atoms with van der Waals surface area (Å²) in [5, 5.41) is 20.9. The summed E-state index contributed by atoms with van der Waals surface area (Å²) in [6, 6.07) is 13.7. The van der Waals surface area contributed by atoms with Crippen molar-refractivity contribution in [1.29, 1.82) is 0 Å². The summed E-state index contributed by atoms with van der Waals surface area (Å²) in [6.45, 7) is 0.298. The number of carboxylic acids is 1. The molecule has 1 amide bonds. The lowest BCUT2D eigenvalue weighted by molar-refractivity contribution is 0.0691. The van der Waals surface area contributed by atoms with Gasteiger partial charge in [0.1, 0.15) is 6.23 Å². The molecule has 0 heterocycles. The highest BCUT2D eigenvalue weighted by Crippen LogP contribution is 2.10. The van der Waals surface area contributed by atoms with E-state index >= 15 is 0 Å². The first-order chi connectivity index (χ1) is 11.5.